The highest BCUT2D eigenvalue weighted by Gasteiger charge is 2.28. The van der Waals surface area contributed by atoms with Crippen molar-refractivity contribution in [3.05, 3.63) is 39.9 Å². The lowest BCUT2D eigenvalue weighted by molar-refractivity contribution is -0.385. The van der Waals surface area contributed by atoms with E-state index < -0.39 is 10.9 Å². The molecule has 1 N–H and O–H groups in total. The Morgan fingerprint density at radius 1 is 1.26 bits per heavy atom. The third-order valence-electron chi connectivity index (χ3n) is 4.73. The summed E-state index contributed by atoms with van der Waals surface area (Å²) in [5, 5.41) is 20.1. The van der Waals surface area contributed by atoms with Crippen LogP contribution in [0.2, 0.25) is 0 Å². The number of hydrogen-bond donors (Lipinski definition) is 1. The largest absolute Gasteiger partial charge is 0.480 e. The third kappa shape index (κ3) is 5.50. The smallest absolute Gasteiger partial charge is 0.323 e. The molecule has 1 aliphatic rings. The van der Waals surface area contributed by atoms with Gasteiger partial charge in [0.15, 0.2) is 0 Å². The van der Waals surface area contributed by atoms with Gasteiger partial charge in [0.05, 0.1) is 11.3 Å². The normalized spacial score (nSPS) is 17.1. The van der Waals surface area contributed by atoms with E-state index in [0.717, 1.165) is 0 Å². The number of nitrogens with zero attached hydrogens (tertiary/aromatic N) is 3. The van der Waals surface area contributed by atoms with Crippen LogP contribution in [0.4, 0.5) is 5.69 Å². The molecule has 1 aromatic carbocycles. The fourth-order valence-electron chi connectivity index (χ4n) is 3.40. The predicted octanol–water partition coefficient (Wildman–Crippen LogP) is 1.45. The molecule has 0 radical (unpaired) electrons. The van der Waals surface area contributed by atoms with E-state index in [1.807, 2.05) is 0 Å². The number of carbonyl (C=O) groups excluding carboxylic acids is 2. The Kier molecular flexibility index (Phi) is 6.86. The first-order valence-corrected chi connectivity index (χ1v) is 8.78. The van der Waals surface area contributed by atoms with Gasteiger partial charge in [0, 0.05) is 37.7 Å². The minimum Gasteiger partial charge on any atom is -0.480 e. The fourth-order valence-corrected chi connectivity index (χ4v) is 3.40. The number of carboxylic acids is 1. The molecule has 27 heavy (non-hydrogen) atoms. The van der Waals surface area contributed by atoms with Crippen molar-refractivity contribution in [2.24, 2.45) is 0 Å². The van der Waals surface area contributed by atoms with Crippen molar-refractivity contribution in [1.82, 2.24) is 9.80 Å². The van der Waals surface area contributed by atoms with Gasteiger partial charge in [0.25, 0.3) is 5.69 Å². The molecule has 9 heteroatoms. The average Bonchev–Trinajstić information content (AvgIpc) is 2.85. The van der Waals surface area contributed by atoms with E-state index in [9.17, 15) is 24.5 Å². The standard InChI is InChI=1S/C18H23N3O6/c1-13(22)20(12-18(24)25)15-6-4-9-19(10-8-15)17(23)11-14-5-2-3-7-16(14)21(26)27/h2-3,5,7,15H,4,6,8-12H2,1H3,(H,24,25). The molecule has 1 aliphatic heterocycles. The van der Waals surface area contributed by atoms with E-state index >= 15 is 0 Å². The van der Waals surface area contributed by atoms with E-state index in [4.69, 9.17) is 5.11 Å². The Hall–Kier alpha value is -2.97. The molecular weight excluding hydrogens is 354 g/mol. The van der Waals surface area contributed by atoms with Gasteiger partial charge in [-0.2, -0.15) is 0 Å². The first-order chi connectivity index (χ1) is 12.8. The van der Waals surface area contributed by atoms with Crippen LogP contribution >= 0.6 is 0 Å². The minimum absolute atomic E-state index is 0.0621. The molecule has 1 fully saturated rings. The summed E-state index contributed by atoms with van der Waals surface area (Å²) in [4.78, 5) is 48.9. The highest BCUT2D eigenvalue weighted by Crippen LogP contribution is 2.21. The van der Waals surface area contributed by atoms with Crippen molar-refractivity contribution in [2.75, 3.05) is 19.6 Å². The Bertz CT molecular complexity index is 736. The Morgan fingerprint density at radius 2 is 1.96 bits per heavy atom. The molecule has 146 valence electrons. The maximum Gasteiger partial charge on any atom is 0.323 e. The summed E-state index contributed by atoms with van der Waals surface area (Å²) in [6, 6.07) is 5.92. The zero-order chi connectivity index (χ0) is 20.0. The molecule has 0 bridgehead atoms. The number of para-hydroxylation sites is 1. The molecule has 0 aromatic heterocycles. The number of carbonyl (C=O) groups is 3. The van der Waals surface area contributed by atoms with Gasteiger partial charge in [0.2, 0.25) is 11.8 Å². The summed E-state index contributed by atoms with van der Waals surface area (Å²) in [5.74, 6) is -1.58. The zero-order valence-corrected chi connectivity index (χ0v) is 15.2. The number of nitro benzene ring substituents is 1. The van der Waals surface area contributed by atoms with Gasteiger partial charge >= 0.3 is 5.97 Å². The molecule has 0 saturated carbocycles. The molecule has 1 heterocycles. The van der Waals surface area contributed by atoms with E-state index in [1.165, 1.54) is 17.9 Å². The van der Waals surface area contributed by atoms with Crippen LogP contribution in [0.25, 0.3) is 0 Å². The molecule has 1 unspecified atom stereocenters. The predicted molar refractivity (Wildman–Crippen MR) is 96.0 cm³/mol. The number of nitro groups is 1. The van der Waals surface area contributed by atoms with Crippen LogP contribution in [0.1, 0.15) is 31.7 Å². The zero-order valence-electron chi connectivity index (χ0n) is 15.2. The number of benzene rings is 1. The molecule has 9 nitrogen and oxygen atoms in total. The highest BCUT2D eigenvalue weighted by atomic mass is 16.6. The van der Waals surface area contributed by atoms with Gasteiger partial charge < -0.3 is 14.9 Å². The lowest BCUT2D eigenvalue weighted by Crippen LogP contribution is -2.43. The second-order valence-corrected chi connectivity index (χ2v) is 6.57. The number of rotatable bonds is 6. The molecule has 0 spiro atoms. The van der Waals surface area contributed by atoms with E-state index in [-0.39, 0.29) is 36.5 Å². The van der Waals surface area contributed by atoms with Crippen LogP contribution in [0.5, 0.6) is 0 Å². The van der Waals surface area contributed by atoms with Gasteiger partial charge in [0.1, 0.15) is 6.54 Å². The summed E-state index contributed by atoms with van der Waals surface area (Å²) >= 11 is 0. The maximum atomic E-state index is 12.6. The summed E-state index contributed by atoms with van der Waals surface area (Å²) in [6.07, 6.45) is 1.67. The summed E-state index contributed by atoms with van der Waals surface area (Å²) in [7, 11) is 0. The van der Waals surface area contributed by atoms with E-state index in [0.29, 0.717) is 37.9 Å². The fraction of sp³-hybridized carbons (Fsp3) is 0.500. The lowest BCUT2D eigenvalue weighted by atomic mass is 10.1. The Balaban J connectivity index is 2.03. The molecule has 2 rings (SSSR count). The van der Waals surface area contributed by atoms with Crippen LogP contribution in [0.3, 0.4) is 0 Å². The van der Waals surface area contributed by atoms with Crippen LogP contribution in [-0.2, 0) is 20.8 Å². The van der Waals surface area contributed by atoms with Crippen molar-refractivity contribution in [2.45, 2.75) is 38.6 Å². The Labute approximate surface area is 156 Å². The van der Waals surface area contributed by atoms with Gasteiger partial charge in [-0.1, -0.05) is 18.2 Å². The van der Waals surface area contributed by atoms with Crippen molar-refractivity contribution in [1.29, 1.82) is 0 Å². The van der Waals surface area contributed by atoms with E-state index in [1.54, 1.807) is 23.1 Å². The lowest BCUT2D eigenvalue weighted by Gasteiger charge is -2.28. The minimum atomic E-state index is -1.07. The maximum absolute atomic E-state index is 12.6. The number of aliphatic carboxylic acids is 1. The van der Waals surface area contributed by atoms with Gasteiger partial charge in [-0.25, -0.2) is 0 Å². The number of carboxylic acid groups (broad SMARTS) is 1. The van der Waals surface area contributed by atoms with Gasteiger partial charge in [-0.15, -0.1) is 0 Å². The second-order valence-electron chi connectivity index (χ2n) is 6.57. The Morgan fingerprint density at radius 3 is 2.59 bits per heavy atom. The van der Waals surface area contributed by atoms with Crippen molar-refractivity contribution in [3.63, 3.8) is 0 Å². The monoisotopic (exact) mass is 377 g/mol. The number of likely N-dealkylation sites (tertiary alicyclic amines) is 1. The summed E-state index contributed by atoms with van der Waals surface area (Å²) in [6.45, 7) is 1.84. The van der Waals surface area contributed by atoms with Crippen LogP contribution in [0.15, 0.2) is 24.3 Å². The quantitative estimate of drug-likeness (QED) is 0.592. The van der Waals surface area contributed by atoms with E-state index in [2.05, 4.69) is 0 Å². The topological polar surface area (TPSA) is 121 Å². The average molecular weight is 377 g/mol. The van der Waals surface area contributed by atoms with Crippen molar-refractivity contribution >= 4 is 23.5 Å². The van der Waals surface area contributed by atoms with Gasteiger partial charge in [-0.3, -0.25) is 24.5 Å². The molecule has 1 saturated heterocycles. The second kappa shape index (κ2) is 9.11. The molecular formula is C18H23N3O6. The number of amides is 2. The van der Waals surface area contributed by atoms with Crippen molar-refractivity contribution < 1.29 is 24.4 Å². The van der Waals surface area contributed by atoms with Gasteiger partial charge in [-0.05, 0) is 19.3 Å². The van der Waals surface area contributed by atoms with Crippen molar-refractivity contribution in [3.8, 4) is 0 Å². The summed E-state index contributed by atoms with van der Waals surface area (Å²) < 4.78 is 0. The molecule has 0 aliphatic carbocycles. The molecule has 1 aromatic rings. The SMILES string of the molecule is CC(=O)N(CC(=O)O)C1CCCN(C(=O)Cc2ccccc2[N+](=O)[O-])CC1. The summed E-state index contributed by atoms with van der Waals surface area (Å²) in [5.41, 5.74) is 0.285. The number of hydrogen-bond acceptors (Lipinski definition) is 5. The van der Waals surface area contributed by atoms with Crippen LogP contribution < -0.4 is 0 Å². The first-order valence-electron chi connectivity index (χ1n) is 8.78. The van der Waals surface area contributed by atoms with Crippen LogP contribution in [0, 0.1) is 10.1 Å². The molecule has 1 atom stereocenters. The third-order valence-corrected chi connectivity index (χ3v) is 4.73. The highest BCUT2D eigenvalue weighted by molar-refractivity contribution is 5.81. The van der Waals surface area contributed by atoms with Crippen LogP contribution in [-0.4, -0.2) is 63.3 Å². The molecule has 2 amide bonds. The first kappa shape index (κ1) is 20.3.